The first-order valence-electron chi connectivity index (χ1n) is 8.43. The third kappa shape index (κ3) is 3.45. The molecule has 0 saturated carbocycles. The summed E-state index contributed by atoms with van der Waals surface area (Å²) in [6.07, 6.45) is 4.77. The molecular formula is C20H15Cl2N5O. The Morgan fingerprint density at radius 2 is 1.89 bits per heavy atom. The Bertz CT molecular complexity index is 1110. The summed E-state index contributed by atoms with van der Waals surface area (Å²) in [4.78, 5) is 8.52. The monoisotopic (exact) mass is 411 g/mol. The molecule has 2 aromatic heterocycles. The Hall–Kier alpha value is -2.93. The molecule has 0 aliphatic rings. The van der Waals surface area contributed by atoms with Gasteiger partial charge in [0.05, 0.1) is 27.5 Å². The average Bonchev–Trinajstić information content (AvgIpc) is 3.20. The molecule has 0 fully saturated rings. The summed E-state index contributed by atoms with van der Waals surface area (Å²) in [6, 6.07) is 14.7. The van der Waals surface area contributed by atoms with Crippen LogP contribution >= 0.6 is 23.2 Å². The molecule has 0 radical (unpaired) electrons. The fraction of sp³-hybridized carbons (Fsp3) is 0.0500. The molecule has 4 aromatic rings. The molecule has 0 spiro atoms. The van der Waals surface area contributed by atoms with Crippen molar-refractivity contribution in [3.05, 3.63) is 82.9 Å². The topological polar surface area (TPSA) is 78.8 Å². The van der Waals surface area contributed by atoms with Gasteiger partial charge in [-0.3, -0.25) is 4.98 Å². The highest BCUT2D eigenvalue weighted by atomic mass is 35.5. The number of aromatic nitrogens is 4. The van der Waals surface area contributed by atoms with Crippen molar-refractivity contribution in [2.45, 2.75) is 6.54 Å². The van der Waals surface area contributed by atoms with E-state index < -0.39 is 0 Å². The Morgan fingerprint density at radius 1 is 1.04 bits per heavy atom. The molecule has 8 heteroatoms. The molecule has 0 bridgehead atoms. The first-order valence-corrected chi connectivity index (χ1v) is 9.19. The molecule has 0 amide bonds. The third-order valence-corrected chi connectivity index (χ3v) is 4.93. The zero-order valence-corrected chi connectivity index (χ0v) is 16.1. The zero-order valence-electron chi connectivity index (χ0n) is 14.6. The minimum atomic E-state index is 0.301. The number of ether oxygens (including phenoxy) is 1. The van der Waals surface area contributed by atoms with Gasteiger partial charge < -0.3 is 10.5 Å². The Labute approximate surface area is 171 Å². The van der Waals surface area contributed by atoms with Crippen LogP contribution in [0.4, 0.5) is 0 Å². The maximum Gasteiger partial charge on any atom is 0.166 e. The van der Waals surface area contributed by atoms with E-state index in [-0.39, 0.29) is 0 Å². The van der Waals surface area contributed by atoms with Crippen molar-refractivity contribution in [3.63, 3.8) is 0 Å². The van der Waals surface area contributed by atoms with Gasteiger partial charge in [-0.05, 0) is 30.3 Å². The largest absolute Gasteiger partial charge is 0.455 e. The van der Waals surface area contributed by atoms with Crippen LogP contribution in [0.3, 0.4) is 0 Å². The number of nitrogens with zero attached hydrogens (tertiary/aromatic N) is 4. The van der Waals surface area contributed by atoms with Crippen LogP contribution in [0.15, 0.2) is 67.3 Å². The summed E-state index contributed by atoms with van der Waals surface area (Å²) < 4.78 is 7.74. The predicted molar refractivity (Wildman–Crippen MR) is 109 cm³/mol. The van der Waals surface area contributed by atoms with Crippen molar-refractivity contribution in [2.75, 3.05) is 0 Å². The molecule has 2 aromatic carbocycles. The van der Waals surface area contributed by atoms with Gasteiger partial charge in [-0.15, -0.1) is 0 Å². The molecule has 0 aliphatic heterocycles. The van der Waals surface area contributed by atoms with E-state index in [0.29, 0.717) is 39.6 Å². The molecule has 2 heterocycles. The highest BCUT2D eigenvalue weighted by Crippen LogP contribution is 2.37. The number of rotatable bonds is 5. The molecule has 2 N–H and O–H groups in total. The van der Waals surface area contributed by atoms with Crippen molar-refractivity contribution in [2.24, 2.45) is 5.73 Å². The highest BCUT2D eigenvalue weighted by molar-refractivity contribution is 6.43. The Balaban J connectivity index is 1.87. The Kier molecular flexibility index (Phi) is 5.25. The minimum absolute atomic E-state index is 0.301. The van der Waals surface area contributed by atoms with E-state index in [1.807, 2.05) is 30.3 Å². The van der Waals surface area contributed by atoms with E-state index in [4.69, 9.17) is 33.7 Å². The Morgan fingerprint density at radius 3 is 2.68 bits per heavy atom. The maximum atomic E-state index is 6.39. The molecule has 4 rings (SSSR count). The van der Waals surface area contributed by atoms with Crippen LogP contribution in [0.1, 0.15) is 5.56 Å². The van der Waals surface area contributed by atoms with Crippen molar-refractivity contribution in [3.8, 4) is 28.6 Å². The molecule has 140 valence electrons. The second-order valence-electron chi connectivity index (χ2n) is 5.86. The van der Waals surface area contributed by atoms with Crippen LogP contribution in [0.25, 0.3) is 17.1 Å². The zero-order chi connectivity index (χ0) is 19.5. The average molecular weight is 412 g/mol. The number of pyridine rings is 1. The van der Waals surface area contributed by atoms with Crippen LogP contribution in [-0.4, -0.2) is 19.7 Å². The van der Waals surface area contributed by atoms with E-state index in [0.717, 1.165) is 11.1 Å². The molecule has 28 heavy (non-hydrogen) atoms. The van der Waals surface area contributed by atoms with Gasteiger partial charge in [0.15, 0.2) is 5.82 Å². The van der Waals surface area contributed by atoms with E-state index in [1.165, 1.54) is 6.33 Å². The van der Waals surface area contributed by atoms with Gasteiger partial charge in [0.2, 0.25) is 0 Å². The number of hydrogen-bond donors (Lipinski definition) is 1. The quantitative estimate of drug-likeness (QED) is 0.505. The van der Waals surface area contributed by atoms with E-state index in [1.54, 1.807) is 35.3 Å². The van der Waals surface area contributed by atoms with Gasteiger partial charge in [-0.25, -0.2) is 9.67 Å². The standard InChI is InChI=1S/C20H15Cl2N5O/c21-16-7-2-8-17(18(16)22)27-20(25-12-26-27)15-6-1-4-13(10-23)19(15)28-14-5-3-9-24-11-14/h1-9,11-12H,10,23H2. The van der Waals surface area contributed by atoms with Gasteiger partial charge in [0.1, 0.15) is 17.8 Å². The number of hydrogen-bond acceptors (Lipinski definition) is 5. The van der Waals surface area contributed by atoms with Gasteiger partial charge >= 0.3 is 0 Å². The number of para-hydroxylation sites is 1. The first-order chi connectivity index (χ1) is 13.7. The summed E-state index contributed by atoms with van der Waals surface area (Å²) in [7, 11) is 0. The van der Waals surface area contributed by atoms with Crippen LogP contribution in [0.5, 0.6) is 11.5 Å². The van der Waals surface area contributed by atoms with Gasteiger partial charge in [-0.1, -0.05) is 41.4 Å². The smallest absolute Gasteiger partial charge is 0.166 e. The van der Waals surface area contributed by atoms with Crippen molar-refractivity contribution < 1.29 is 4.74 Å². The van der Waals surface area contributed by atoms with Crippen LogP contribution in [0, 0.1) is 0 Å². The predicted octanol–water partition coefficient (Wildman–Crippen LogP) is 4.89. The SMILES string of the molecule is NCc1cccc(-c2ncnn2-c2cccc(Cl)c2Cl)c1Oc1cccnc1. The number of nitrogens with two attached hydrogens (primary N) is 1. The van der Waals surface area contributed by atoms with Crippen LogP contribution in [-0.2, 0) is 6.54 Å². The molecule has 0 saturated heterocycles. The molecule has 0 atom stereocenters. The molecule has 6 nitrogen and oxygen atoms in total. The van der Waals surface area contributed by atoms with E-state index in [2.05, 4.69) is 15.1 Å². The van der Waals surface area contributed by atoms with Gasteiger partial charge in [0.25, 0.3) is 0 Å². The summed E-state index contributed by atoms with van der Waals surface area (Å²) >= 11 is 12.6. The lowest BCUT2D eigenvalue weighted by atomic mass is 10.1. The van der Waals surface area contributed by atoms with E-state index in [9.17, 15) is 0 Å². The normalized spacial score (nSPS) is 10.8. The lowest BCUT2D eigenvalue weighted by Gasteiger charge is -2.15. The van der Waals surface area contributed by atoms with Gasteiger partial charge in [-0.2, -0.15) is 5.10 Å². The lowest BCUT2D eigenvalue weighted by Crippen LogP contribution is -2.05. The summed E-state index contributed by atoms with van der Waals surface area (Å²) in [5.41, 5.74) is 8.11. The third-order valence-electron chi connectivity index (χ3n) is 4.12. The van der Waals surface area contributed by atoms with E-state index >= 15 is 0 Å². The lowest BCUT2D eigenvalue weighted by molar-refractivity contribution is 0.475. The summed E-state index contributed by atoms with van der Waals surface area (Å²) in [5, 5.41) is 5.15. The van der Waals surface area contributed by atoms with Crippen LogP contribution in [0.2, 0.25) is 10.0 Å². The number of halogens is 2. The van der Waals surface area contributed by atoms with Gasteiger partial charge in [0, 0.05) is 18.3 Å². The van der Waals surface area contributed by atoms with Crippen molar-refractivity contribution in [1.82, 2.24) is 19.7 Å². The summed E-state index contributed by atoms with van der Waals surface area (Å²) in [6.45, 7) is 0.301. The first kappa shape index (κ1) is 18.4. The summed E-state index contributed by atoms with van der Waals surface area (Å²) in [5.74, 6) is 1.74. The second kappa shape index (κ2) is 7.98. The maximum absolute atomic E-state index is 6.39. The molecular weight excluding hydrogens is 397 g/mol. The number of benzene rings is 2. The second-order valence-corrected chi connectivity index (χ2v) is 6.64. The fourth-order valence-corrected chi connectivity index (χ4v) is 3.20. The highest BCUT2D eigenvalue weighted by Gasteiger charge is 2.19. The van der Waals surface area contributed by atoms with Crippen molar-refractivity contribution in [1.29, 1.82) is 0 Å². The minimum Gasteiger partial charge on any atom is -0.455 e. The molecule has 0 unspecified atom stereocenters. The van der Waals surface area contributed by atoms with Crippen molar-refractivity contribution >= 4 is 23.2 Å². The fourth-order valence-electron chi connectivity index (χ4n) is 2.82. The molecule has 0 aliphatic carbocycles. The van der Waals surface area contributed by atoms with Crippen LogP contribution < -0.4 is 10.5 Å².